The van der Waals surface area contributed by atoms with E-state index in [1.54, 1.807) is 55.6 Å². The Morgan fingerprint density at radius 3 is 2.74 bits per heavy atom. The third kappa shape index (κ3) is 3.50. The molecule has 1 atom stereocenters. The number of aliphatic hydroxyl groups is 1. The number of pyridine rings is 1. The molecule has 168 valence electrons. The summed E-state index contributed by atoms with van der Waals surface area (Å²) in [6.45, 7) is 0. The van der Waals surface area contributed by atoms with E-state index in [4.69, 9.17) is 4.74 Å². The molecule has 9 nitrogen and oxygen atoms in total. The van der Waals surface area contributed by atoms with Crippen LogP contribution >= 0.6 is 11.3 Å². The van der Waals surface area contributed by atoms with Crippen LogP contribution in [0.25, 0.3) is 16.0 Å². The molecule has 34 heavy (non-hydrogen) atoms. The lowest BCUT2D eigenvalue weighted by atomic mass is 9.95. The van der Waals surface area contributed by atoms with Crippen molar-refractivity contribution in [3.05, 3.63) is 88.6 Å². The minimum atomic E-state index is -1.00. The van der Waals surface area contributed by atoms with Crippen LogP contribution in [0.2, 0.25) is 0 Å². The highest BCUT2D eigenvalue weighted by atomic mass is 32.1. The Hall–Kier alpha value is -4.44. The summed E-state index contributed by atoms with van der Waals surface area (Å²) in [4.78, 5) is 47.6. The number of fused-ring (bicyclic) bond motifs is 1. The number of nitroso groups, excluding NO2 is 1. The number of ether oxygens (including phenoxy) is 1. The summed E-state index contributed by atoms with van der Waals surface area (Å²) in [5.41, 5.74) is 1.51. The van der Waals surface area contributed by atoms with E-state index in [-0.39, 0.29) is 27.7 Å². The second kappa shape index (κ2) is 8.49. The fourth-order valence-corrected chi connectivity index (χ4v) is 4.92. The number of nitrogens with one attached hydrogen (secondary N) is 1. The van der Waals surface area contributed by atoms with E-state index in [0.29, 0.717) is 16.8 Å². The number of ketones is 1. The van der Waals surface area contributed by atoms with Gasteiger partial charge in [-0.3, -0.25) is 19.5 Å². The molecule has 10 heteroatoms. The largest absolute Gasteiger partial charge is 0.507 e. The number of amides is 1. The summed E-state index contributed by atoms with van der Waals surface area (Å²) in [6, 6.07) is 13.9. The van der Waals surface area contributed by atoms with Gasteiger partial charge in [-0.2, -0.15) is 0 Å². The maximum absolute atomic E-state index is 13.3. The molecule has 0 aliphatic carbocycles. The molecule has 0 saturated carbocycles. The smallest absolute Gasteiger partial charge is 0.301 e. The van der Waals surface area contributed by atoms with Crippen LogP contribution in [-0.2, 0) is 9.59 Å². The van der Waals surface area contributed by atoms with Crippen molar-refractivity contribution < 1.29 is 24.6 Å². The molecule has 1 aliphatic heterocycles. The Balaban J connectivity index is 1.74. The molecule has 1 amide bonds. The fourth-order valence-electron chi connectivity index (χ4n) is 3.90. The van der Waals surface area contributed by atoms with Gasteiger partial charge in [0.25, 0.3) is 11.5 Å². The number of hydrogen-bond acceptors (Lipinski definition) is 8. The number of nitrogens with zero attached hydrogens (tertiary/aromatic N) is 3. The number of rotatable bonds is 5. The zero-order valence-electron chi connectivity index (χ0n) is 17.8. The van der Waals surface area contributed by atoms with Gasteiger partial charge in [-0.1, -0.05) is 23.5 Å². The Morgan fingerprint density at radius 2 is 2.00 bits per heavy atom. The number of thiazole rings is 1. The van der Waals surface area contributed by atoms with Gasteiger partial charge < -0.3 is 9.84 Å². The summed E-state index contributed by atoms with van der Waals surface area (Å²) in [6.07, 6.45) is 2.94. The van der Waals surface area contributed by atoms with Crippen LogP contribution in [0.15, 0.2) is 72.6 Å². The van der Waals surface area contributed by atoms with E-state index < -0.39 is 17.7 Å². The number of carbonyl (C=O) groups is 2. The van der Waals surface area contributed by atoms with Crippen LogP contribution in [-0.4, -0.2) is 33.9 Å². The first-order chi connectivity index (χ1) is 16.5. The molecule has 2 N–H and O–H groups in total. The van der Waals surface area contributed by atoms with Crippen molar-refractivity contribution in [2.24, 2.45) is 0 Å². The number of anilines is 1. The molecular weight excluding hydrogens is 456 g/mol. The van der Waals surface area contributed by atoms with Crippen LogP contribution in [0.3, 0.4) is 0 Å². The lowest BCUT2D eigenvalue weighted by molar-refractivity contribution is -0.379. The van der Waals surface area contributed by atoms with Gasteiger partial charge in [0.1, 0.15) is 11.5 Å². The maximum atomic E-state index is 13.3. The van der Waals surface area contributed by atoms with Gasteiger partial charge in [-0.25, -0.2) is 4.98 Å². The SMILES string of the molecule is COc1ccc2nc(N3C(=O)C(=O)/C(=C(/O)c4cccnc4)C3c3cccc([NH+]=O)c3)sc2c1. The fraction of sp³-hybridized carbons (Fsp3) is 0.0833. The third-order valence-corrected chi connectivity index (χ3v) is 6.51. The number of aliphatic hydroxyl groups excluding tert-OH is 1. The highest BCUT2D eigenvalue weighted by Gasteiger charge is 2.48. The van der Waals surface area contributed by atoms with Crippen molar-refractivity contribution in [1.29, 1.82) is 0 Å². The first-order valence-corrected chi connectivity index (χ1v) is 11.0. The number of benzene rings is 2. The summed E-state index contributed by atoms with van der Waals surface area (Å²) < 4.78 is 6.03. The average molecular weight is 473 g/mol. The van der Waals surface area contributed by atoms with Crippen molar-refractivity contribution in [3.8, 4) is 5.75 Å². The highest BCUT2D eigenvalue weighted by molar-refractivity contribution is 7.22. The molecule has 3 heterocycles. The number of hydrogen-bond donors (Lipinski definition) is 2. The van der Waals surface area contributed by atoms with Gasteiger partial charge in [-0.15, -0.1) is 0 Å². The predicted octanol–water partition coefficient (Wildman–Crippen LogP) is 2.80. The first-order valence-electron chi connectivity index (χ1n) is 10.2. The van der Waals surface area contributed by atoms with Crippen LogP contribution in [0, 0.1) is 4.91 Å². The zero-order chi connectivity index (χ0) is 23.8. The summed E-state index contributed by atoms with van der Waals surface area (Å²) in [5, 5.41) is 13.2. The van der Waals surface area contributed by atoms with Gasteiger partial charge in [0.15, 0.2) is 5.13 Å². The standard InChI is InChI=1S/C24H16N4O5S/c1-33-16-7-8-17-18(11-16)34-24(26-17)28-20(13-4-2-6-15(10-13)27-32)19(22(30)23(28)31)21(29)14-5-3-9-25-12-14/h2-12,20,29H,1H3/p+1/b21-19+. The Bertz CT molecular complexity index is 1480. The maximum Gasteiger partial charge on any atom is 0.301 e. The van der Waals surface area contributed by atoms with Gasteiger partial charge in [-0.05, 0) is 35.9 Å². The van der Waals surface area contributed by atoms with Crippen LogP contribution in [0.4, 0.5) is 10.8 Å². The predicted molar refractivity (Wildman–Crippen MR) is 126 cm³/mol. The number of Topliss-reactive ketones (excluding diaryl/α,β-unsaturated/α-hetero) is 1. The van der Waals surface area contributed by atoms with Gasteiger partial charge in [0, 0.05) is 40.2 Å². The van der Waals surface area contributed by atoms with Gasteiger partial charge in [0.05, 0.1) is 28.9 Å². The second-order valence-electron chi connectivity index (χ2n) is 7.47. The lowest BCUT2D eigenvalue weighted by Crippen LogP contribution is -2.55. The molecule has 1 saturated heterocycles. The van der Waals surface area contributed by atoms with Crippen molar-refractivity contribution in [1.82, 2.24) is 9.97 Å². The normalized spacial score (nSPS) is 17.3. The summed E-state index contributed by atoms with van der Waals surface area (Å²) in [7, 11) is 1.55. The topological polar surface area (TPSA) is 124 Å². The molecule has 1 unspecified atom stereocenters. The van der Waals surface area contributed by atoms with Crippen LogP contribution in [0.1, 0.15) is 17.2 Å². The number of aromatic nitrogens is 2. The van der Waals surface area contributed by atoms with E-state index in [0.717, 1.165) is 4.70 Å². The molecule has 0 radical (unpaired) electrons. The van der Waals surface area contributed by atoms with E-state index in [1.165, 1.54) is 34.7 Å². The van der Waals surface area contributed by atoms with E-state index in [2.05, 4.69) is 9.97 Å². The van der Waals surface area contributed by atoms with E-state index in [9.17, 15) is 19.6 Å². The zero-order valence-corrected chi connectivity index (χ0v) is 18.6. The Labute approximate surface area is 196 Å². The number of carbonyl (C=O) groups excluding carboxylic acids is 2. The molecule has 2 aromatic heterocycles. The molecule has 1 fully saturated rings. The minimum absolute atomic E-state index is 0.113. The van der Waals surface area contributed by atoms with Crippen molar-refractivity contribution in [3.63, 3.8) is 0 Å². The summed E-state index contributed by atoms with van der Waals surface area (Å²) >= 11 is 1.22. The highest BCUT2D eigenvalue weighted by Crippen LogP contribution is 2.44. The average Bonchev–Trinajstić information content (AvgIpc) is 3.41. The first kappa shape index (κ1) is 21.4. The van der Waals surface area contributed by atoms with Gasteiger partial charge >= 0.3 is 5.91 Å². The molecule has 2 aromatic carbocycles. The van der Waals surface area contributed by atoms with Crippen molar-refractivity contribution >= 4 is 49.8 Å². The van der Waals surface area contributed by atoms with Crippen LogP contribution < -0.4 is 14.8 Å². The summed E-state index contributed by atoms with van der Waals surface area (Å²) in [5.74, 6) is -1.42. The van der Waals surface area contributed by atoms with Gasteiger partial charge in [0.2, 0.25) is 0 Å². The molecule has 0 bridgehead atoms. The van der Waals surface area contributed by atoms with Crippen LogP contribution in [0.5, 0.6) is 5.75 Å². The second-order valence-corrected chi connectivity index (χ2v) is 8.48. The quantitative estimate of drug-likeness (QED) is 0.259. The molecule has 4 aromatic rings. The van der Waals surface area contributed by atoms with E-state index >= 15 is 0 Å². The Kier molecular flexibility index (Phi) is 5.34. The molecule has 1 aliphatic rings. The minimum Gasteiger partial charge on any atom is -0.507 e. The van der Waals surface area contributed by atoms with Crippen molar-refractivity contribution in [2.45, 2.75) is 6.04 Å². The molecular formula is C24H17N4O5S+. The monoisotopic (exact) mass is 473 g/mol. The number of methoxy groups -OCH3 is 1. The third-order valence-electron chi connectivity index (χ3n) is 5.49. The van der Waals surface area contributed by atoms with E-state index in [1.807, 2.05) is 5.18 Å². The lowest BCUT2D eigenvalue weighted by Gasteiger charge is -2.22. The van der Waals surface area contributed by atoms with Crippen molar-refractivity contribution in [2.75, 3.05) is 12.0 Å². The Morgan fingerprint density at radius 1 is 1.15 bits per heavy atom. The molecule has 5 rings (SSSR count). The molecule has 0 spiro atoms.